The van der Waals surface area contributed by atoms with Crippen LogP contribution >= 0.6 is 0 Å². The summed E-state index contributed by atoms with van der Waals surface area (Å²) in [6.45, 7) is 13.9. The van der Waals surface area contributed by atoms with Crippen LogP contribution in [0.3, 0.4) is 0 Å². The lowest BCUT2D eigenvalue weighted by atomic mass is 10.1. The van der Waals surface area contributed by atoms with Gasteiger partial charge in [-0.25, -0.2) is 4.79 Å². The third kappa shape index (κ3) is 9.58. The molecule has 0 saturated heterocycles. The molecule has 1 amide bonds. The summed E-state index contributed by atoms with van der Waals surface area (Å²) in [5.41, 5.74) is 0.450. The highest BCUT2D eigenvalue weighted by molar-refractivity contribution is 5.79. The smallest absolute Gasteiger partial charge is 0.410 e. The number of guanidine groups is 1. The fourth-order valence-corrected chi connectivity index (χ4v) is 2.33. The monoisotopic (exact) mass is 391 g/mol. The summed E-state index contributed by atoms with van der Waals surface area (Å²) in [6.07, 6.45) is 3.96. The van der Waals surface area contributed by atoms with Gasteiger partial charge in [0.1, 0.15) is 5.60 Å². The summed E-state index contributed by atoms with van der Waals surface area (Å²) in [7, 11) is 1.76. The Bertz CT molecular complexity index is 611. The fraction of sp³-hybridized carbons (Fsp3) is 0.667. The van der Waals surface area contributed by atoms with E-state index in [9.17, 15) is 4.79 Å². The normalized spacial score (nSPS) is 13.2. The Morgan fingerprint density at radius 2 is 2.04 bits per heavy atom. The molecule has 1 aromatic heterocycles. The molecule has 0 aliphatic heterocycles. The van der Waals surface area contributed by atoms with Crippen molar-refractivity contribution in [3.63, 3.8) is 0 Å². The van der Waals surface area contributed by atoms with E-state index in [2.05, 4.69) is 41.4 Å². The molecule has 1 unspecified atom stereocenters. The Labute approximate surface area is 170 Å². The van der Waals surface area contributed by atoms with Crippen molar-refractivity contribution in [3.8, 4) is 0 Å². The van der Waals surface area contributed by atoms with Crippen molar-refractivity contribution in [3.05, 3.63) is 30.1 Å². The summed E-state index contributed by atoms with van der Waals surface area (Å²) >= 11 is 0. The molecule has 0 spiro atoms. The van der Waals surface area contributed by atoms with Crippen LogP contribution in [0.4, 0.5) is 4.79 Å². The maximum absolute atomic E-state index is 12.6. The molecule has 0 fully saturated rings. The van der Waals surface area contributed by atoms with E-state index in [1.165, 1.54) is 0 Å². The average molecular weight is 392 g/mol. The van der Waals surface area contributed by atoms with Gasteiger partial charge in [0, 0.05) is 38.6 Å². The van der Waals surface area contributed by atoms with Crippen LogP contribution in [0, 0.1) is 5.92 Å². The third-order valence-corrected chi connectivity index (χ3v) is 4.23. The minimum Gasteiger partial charge on any atom is -0.444 e. The number of amides is 1. The standard InChI is InChI=1S/C21H37N5O2/c1-16(2)17(3)25-19(22-7)24-12-9-13-26(20(27)28-21(4,5)6)15-18-10-8-11-23-14-18/h8,10-11,14,16-17H,9,12-13,15H2,1-7H3,(H2,22,24,25). The molecule has 0 aromatic carbocycles. The predicted octanol–water partition coefficient (Wildman–Crippen LogP) is 3.42. The van der Waals surface area contributed by atoms with E-state index in [4.69, 9.17) is 4.74 Å². The van der Waals surface area contributed by atoms with E-state index in [1.807, 2.05) is 32.9 Å². The Morgan fingerprint density at radius 1 is 1.32 bits per heavy atom. The molecule has 7 heteroatoms. The summed E-state index contributed by atoms with van der Waals surface area (Å²) in [4.78, 5) is 22.7. The SMILES string of the molecule is CN=C(NCCCN(Cc1cccnc1)C(=O)OC(C)(C)C)NC(C)C(C)C. The van der Waals surface area contributed by atoms with Gasteiger partial charge >= 0.3 is 6.09 Å². The van der Waals surface area contributed by atoms with Gasteiger partial charge in [-0.1, -0.05) is 19.9 Å². The number of nitrogens with one attached hydrogen (secondary N) is 2. The van der Waals surface area contributed by atoms with Crippen molar-refractivity contribution in [2.75, 3.05) is 20.1 Å². The number of carbonyl (C=O) groups is 1. The number of rotatable bonds is 8. The first-order chi connectivity index (χ1) is 13.1. The highest BCUT2D eigenvalue weighted by Gasteiger charge is 2.22. The molecule has 1 heterocycles. The van der Waals surface area contributed by atoms with Crippen LogP contribution in [-0.2, 0) is 11.3 Å². The molecular weight excluding hydrogens is 354 g/mol. The van der Waals surface area contributed by atoms with E-state index in [1.54, 1.807) is 24.3 Å². The third-order valence-electron chi connectivity index (χ3n) is 4.23. The molecule has 7 nitrogen and oxygen atoms in total. The molecule has 1 atom stereocenters. The lowest BCUT2D eigenvalue weighted by Crippen LogP contribution is -2.45. The van der Waals surface area contributed by atoms with Gasteiger partial charge in [-0.15, -0.1) is 0 Å². The second-order valence-corrected chi connectivity index (χ2v) is 8.29. The van der Waals surface area contributed by atoms with Crippen molar-refractivity contribution in [1.82, 2.24) is 20.5 Å². The Balaban J connectivity index is 2.60. The van der Waals surface area contributed by atoms with E-state index < -0.39 is 5.60 Å². The molecule has 0 aliphatic rings. The van der Waals surface area contributed by atoms with Crippen LogP contribution in [0.15, 0.2) is 29.5 Å². The minimum absolute atomic E-state index is 0.313. The van der Waals surface area contributed by atoms with Gasteiger partial charge in [-0.2, -0.15) is 0 Å². The number of carbonyl (C=O) groups excluding carboxylic acids is 1. The zero-order valence-corrected chi connectivity index (χ0v) is 18.5. The molecule has 2 N–H and O–H groups in total. The van der Waals surface area contributed by atoms with Crippen LogP contribution in [-0.4, -0.2) is 53.7 Å². The van der Waals surface area contributed by atoms with Gasteiger partial charge in [-0.3, -0.25) is 9.98 Å². The largest absolute Gasteiger partial charge is 0.444 e. The average Bonchev–Trinajstić information content (AvgIpc) is 2.62. The van der Waals surface area contributed by atoms with Crippen LogP contribution in [0.2, 0.25) is 0 Å². The molecule has 0 aliphatic carbocycles. The number of aromatic nitrogens is 1. The maximum atomic E-state index is 12.6. The summed E-state index contributed by atoms with van der Waals surface area (Å²) in [5.74, 6) is 1.29. The Hall–Kier alpha value is -2.31. The highest BCUT2D eigenvalue weighted by atomic mass is 16.6. The number of ether oxygens (including phenoxy) is 1. The van der Waals surface area contributed by atoms with Gasteiger partial charge in [0.2, 0.25) is 0 Å². The molecule has 0 bridgehead atoms. The molecule has 1 rings (SSSR count). The predicted molar refractivity (Wildman–Crippen MR) is 114 cm³/mol. The highest BCUT2D eigenvalue weighted by Crippen LogP contribution is 2.12. The quantitative estimate of drug-likeness (QED) is 0.403. The molecule has 28 heavy (non-hydrogen) atoms. The number of nitrogens with zero attached hydrogens (tertiary/aromatic N) is 3. The number of aliphatic imine (C=N–C) groups is 1. The summed E-state index contributed by atoms with van der Waals surface area (Å²) in [5, 5.41) is 6.68. The molecule has 158 valence electrons. The molecular formula is C21H37N5O2. The maximum Gasteiger partial charge on any atom is 0.410 e. The van der Waals surface area contributed by atoms with Gasteiger partial charge in [0.25, 0.3) is 0 Å². The van der Waals surface area contributed by atoms with Crippen LogP contribution in [0.1, 0.15) is 53.5 Å². The fourth-order valence-electron chi connectivity index (χ4n) is 2.33. The Morgan fingerprint density at radius 3 is 2.57 bits per heavy atom. The topological polar surface area (TPSA) is 78.9 Å². The van der Waals surface area contributed by atoms with Crippen molar-refractivity contribution in [2.45, 2.75) is 66.2 Å². The van der Waals surface area contributed by atoms with Gasteiger partial charge in [-0.05, 0) is 51.7 Å². The first kappa shape index (κ1) is 23.7. The van der Waals surface area contributed by atoms with Crippen LogP contribution in [0.5, 0.6) is 0 Å². The summed E-state index contributed by atoms with van der Waals surface area (Å²) < 4.78 is 5.56. The first-order valence-electron chi connectivity index (χ1n) is 9.96. The van der Waals surface area contributed by atoms with Crippen LogP contribution < -0.4 is 10.6 Å². The number of hydrogen-bond acceptors (Lipinski definition) is 4. The second-order valence-electron chi connectivity index (χ2n) is 8.29. The lowest BCUT2D eigenvalue weighted by molar-refractivity contribution is 0.0232. The first-order valence-corrected chi connectivity index (χ1v) is 9.96. The van der Waals surface area contributed by atoms with Gasteiger partial charge in [0.05, 0.1) is 6.54 Å². The molecule has 1 aromatic rings. The molecule has 0 saturated carbocycles. The number of pyridine rings is 1. The van der Waals surface area contributed by atoms with Gasteiger partial charge in [0.15, 0.2) is 5.96 Å². The molecule has 0 radical (unpaired) electrons. The van der Waals surface area contributed by atoms with Crippen molar-refractivity contribution in [1.29, 1.82) is 0 Å². The minimum atomic E-state index is -0.526. The van der Waals surface area contributed by atoms with E-state index >= 15 is 0 Å². The zero-order valence-electron chi connectivity index (χ0n) is 18.5. The van der Waals surface area contributed by atoms with Crippen molar-refractivity contribution >= 4 is 12.1 Å². The Kier molecular flexibility index (Phi) is 9.76. The van der Waals surface area contributed by atoms with E-state index in [-0.39, 0.29) is 6.09 Å². The summed E-state index contributed by atoms with van der Waals surface area (Å²) in [6, 6.07) is 4.16. The van der Waals surface area contributed by atoms with E-state index in [0.29, 0.717) is 31.6 Å². The zero-order chi connectivity index (χ0) is 21.2. The van der Waals surface area contributed by atoms with Gasteiger partial charge < -0.3 is 20.3 Å². The van der Waals surface area contributed by atoms with Crippen molar-refractivity contribution < 1.29 is 9.53 Å². The lowest BCUT2D eigenvalue weighted by Gasteiger charge is -2.27. The second kappa shape index (κ2) is 11.5. The van der Waals surface area contributed by atoms with Crippen LogP contribution in [0.25, 0.3) is 0 Å². The van der Waals surface area contributed by atoms with E-state index in [0.717, 1.165) is 17.9 Å². The van der Waals surface area contributed by atoms with Crippen molar-refractivity contribution in [2.24, 2.45) is 10.9 Å². The number of hydrogen-bond donors (Lipinski definition) is 2.